The van der Waals surface area contributed by atoms with Gasteiger partial charge in [-0.05, 0) is 94.8 Å². The van der Waals surface area contributed by atoms with Crippen LogP contribution in [-0.2, 0) is 9.59 Å². The lowest BCUT2D eigenvalue weighted by Crippen LogP contribution is -2.59. The van der Waals surface area contributed by atoms with Crippen molar-refractivity contribution in [3.05, 3.63) is 29.8 Å². The fourth-order valence-electron chi connectivity index (χ4n) is 5.34. The zero-order chi connectivity index (χ0) is 22.3. The Morgan fingerprint density at radius 2 is 1.90 bits per heavy atom. The van der Waals surface area contributed by atoms with Crippen molar-refractivity contribution in [2.45, 2.75) is 76.8 Å². The van der Waals surface area contributed by atoms with E-state index in [0.29, 0.717) is 17.8 Å². The van der Waals surface area contributed by atoms with Crippen LogP contribution >= 0.6 is 11.9 Å². The highest BCUT2D eigenvalue weighted by molar-refractivity contribution is 7.97. The maximum absolute atomic E-state index is 13.4. The molecule has 0 heterocycles. The number of hydrogen-bond donors (Lipinski definition) is 2. The highest BCUT2D eigenvalue weighted by atomic mass is 32.2. The molecule has 1 aromatic carbocycles. The molecule has 2 aliphatic carbocycles. The second kappa shape index (κ2) is 8.54. The van der Waals surface area contributed by atoms with Crippen molar-refractivity contribution in [3.63, 3.8) is 0 Å². The number of benzene rings is 1. The predicted octanol–water partition coefficient (Wildman–Crippen LogP) is 4.15. The normalized spacial score (nSPS) is 31.4. The molecule has 30 heavy (non-hydrogen) atoms. The molecule has 2 aliphatic rings. The lowest BCUT2D eigenvalue weighted by molar-refractivity contribution is -0.134. The summed E-state index contributed by atoms with van der Waals surface area (Å²) in [6.45, 7) is 10.3. The van der Waals surface area contributed by atoms with Crippen molar-refractivity contribution in [3.8, 4) is 0 Å². The van der Waals surface area contributed by atoms with E-state index in [1.54, 1.807) is 11.9 Å². The lowest BCUT2D eigenvalue weighted by atomic mass is 9.57. The first-order valence-electron chi connectivity index (χ1n) is 11.0. The molecule has 0 radical (unpaired) electrons. The van der Waals surface area contributed by atoms with Crippen LogP contribution in [0, 0.1) is 30.1 Å². The monoisotopic (exact) mass is 431 g/mol. The van der Waals surface area contributed by atoms with E-state index in [4.69, 9.17) is 5.73 Å². The Labute approximate surface area is 185 Å². The summed E-state index contributed by atoms with van der Waals surface area (Å²) in [5, 5.41) is 3.38. The third kappa shape index (κ3) is 4.54. The predicted molar refractivity (Wildman–Crippen MR) is 123 cm³/mol. The largest absolute Gasteiger partial charge is 0.369 e. The highest BCUT2D eigenvalue weighted by Crippen LogP contribution is 2.50. The topological polar surface area (TPSA) is 75.4 Å². The summed E-state index contributed by atoms with van der Waals surface area (Å²) in [4.78, 5) is 26.6. The number of aryl methyl sites for hydroxylation is 1. The maximum Gasteiger partial charge on any atom is 0.241 e. The molecule has 5 nitrogen and oxygen atoms in total. The average Bonchev–Trinajstić information content (AvgIpc) is 2.65. The first-order valence-corrected chi connectivity index (χ1v) is 11.8. The molecule has 3 rings (SSSR count). The number of carbonyl (C=O) groups is 2. The number of hydrogen-bond acceptors (Lipinski definition) is 4. The molecule has 0 spiro atoms. The summed E-state index contributed by atoms with van der Waals surface area (Å²) in [5.74, 6) is 1.07. The van der Waals surface area contributed by atoms with Crippen molar-refractivity contribution in [2.75, 3.05) is 7.05 Å². The first-order chi connectivity index (χ1) is 13.9. The third-order valence-electron chi connectivity index (χ3n) is 7.48. The van der Waals surface area contributed by atoms with Crippen LogP contribution in [0.5, 0.6) is 0 Å². The van der Waals surface area contributed by atoms with Crippen molar-refractivity contribution in [1.82, 2.24) is 9.62 Å². The number of likely N-dealkylation sites (N-methyl/N-ethyl adjacent to an activating group) is 1. The Bertz CT molecular complexity index is 809. The number of nitrogens with two attached hydrogens (primary N) is 1. The van der Waals surface area contributed by atoms with Gasteiger partial charge in [-0.1, -0.05) is 32.0 Å². The third-order valence-corrected chi connectivity index (χ3v) is 8.86. The van der Waals surface area contributed by atoms with Crippen LogP contribution < -0.4 is 11.1 Å². The van der Waals surface area contributed by atoms with Crippen molar-refractivity contribution < 1.29 is 9.59 Å². The molecule has 6 heteroatoms. The van der Waals surface area contributed by atoms with Crippen LogP contribution in [0.15, 0.2) is 29.2 Å². The van der Waals surface area contributed by atoms with Gasteiger partial charge in [0.2, 0.25) is 11.8 Å². The fraction of sp³-hybridized carbons (Fsp3) is 0.667. The second-order valence-corrected chi connectivity index (χ2v) is 11.5. The standard InChI is InChI=1S/C24H37N3O2S/c1-15-9-7-8-10-19(15)30-27(6)23(3,4)22(29)26-20-16(2)11-17-12-18(20)14-24(5,13-17)21(25)28/h7-10,16-18,20H,11-14H2,1-6H3,(H2,25,28)(H,26,29). The van der Waals surface area contributed by atoms with E-state index in [9.17, 15) is 9.59 Å². The summed E-state index contributed by atoms with van der Waals surface area (Å²) in [7, 11) is 1.97. The SMILES string of the molecule is Cc1ccccc1SN(C)C(C)(C)C(=O)NC1C(C)CC2CC1CC(C)(C(N)=O)C2. The summed E-state index contributed by atoms with van der Waals surface area (Å²) in [6, 6.07) is 8.31. The summed E-state index contributed by atoms with van der Waals surface area (Å²) in [5.41, 5.74) is 5.81. The molecule has 0 aliphatic heterocycles. The minimum Gasteiger partial charge on any atom is -0.369 e. The Morgan fingerprint density at radius 1 is 1.23 bits per heavy atom. The van der Waals surface area contributed by atoms with E-state index >= 15 is 0 Å². The highest BCUT2D eigenvalue weighted by Gasteiger charge is 2.49. The van der Waals surface area contributed by atoms with Gasteiger partial charge in [0, 0.05) is 16.4 Å². The van der Waals surface area contributed by atoms with Gasteiger partial charge >= 0.3 is 0 Å². The van der Waals surface area contributed by atoms with Gasteiger partial charge in [0.1, 0.15) is 5.54 Å². The van der Waals surface area contributed by atoms with Gasteiger partial charge in [-0.3, -0.25) is 9.59 Å². The van der Waals surface area contributed by atoms with E-state index in [0.717, 1.165) is 30.6 Å². The van der Waals surface area contributed by atoms with Crippen molar-refractivity contribution >= 4 is 23.8 Å². The second-order valence-electron chi connectivity index (χ2n) is 10.3. The van der Waals surface area contributed by atoms with Gasteiger partial charge in [-0.15, -0.1) is 0 Å². The molecule has 5 atom stereocenters. The van der Waals surface area contributed by atoms with Crippen molar-refractivity contribution in [2.24, 2.45) is 28.9 Å². The minimum atomic E-state index is -0.675. The molecular weight excluding hydrogens is 394 g/mol. The van der Waals surface area contributed by atoms with Crippen molar-refractivity contribution in [1.29, 1.82) is 0 Å². The molecule has 1 aromatic rings. The molecule has 2 fully saturated rings. The average molecular weight is 432 g/mol. The number of primary amides is 1. The zero-order valence-electron chi connectivity index (χ0n) is 19.2. The molecule has 2 bridgehead atoms. The quantitative estimate of drug-likeness (QED) is 0.664. The van der Waals surface area contributed by atoms with E-state index in [1.165, 1.54) is 5.56 Å². The van der Waals surface area contributed by atoms with Crippen LogP contribution in [0.3, 0.4) is 0 Å². The van der Waals surface area contributed by atoms with Crippen LogP contribution in [0.25, 0.3) is 0 Å². The first kappa shape index (κ1) is 23.1. The summed E-state index contributed by atoms with van der Waals surface area (Å²) in [6.07, 6.45) is 3.76. The smallest absolute Gasteiger partial charge is 0.241 e. The number of nitrogens with one attached hydrogen (secondary N) is 1. The number of nitrogens with zero attached hydrogens (tertiary/aromatic N) is 1. The van der Waals surface area contributed by atoms with Gasteiger partial charge in [0.15, 0.2) is 0 Å². The number of carbonyl (C=O) groups excluding carboxylic acids is 2. The van der Waals surface area contributed by atoms with Gasteiger partial charge in [0.25, 0.3) is 0 Å². The molecule has 2 amide bonds. The van der Waals surface area contributed by atoms with Gasteiger partial charge in [-0.25, -0.2) is 4.31 Å². The lowest BCUT2D eigenvalue weighted by Gasteiger charge is -2.50. The Kier molecular flexibility index (Phi) is 6.59. The molecule has 0 saturated heterocycles. The fourth-order valence-corrected chi connectivity index (χ4v) is 6.29. The molecule has 0 aromatic heterocycles. The molecular formula is C24H37N3O2S. The van der Waals surface area contributed by atoms with Gasteiger partial charge < -0.3 is 11.1 Å². The minimum absolute atomic E-state index is 0.0349. The summed E-state index contributed by atoms with van der Waals surface area (Å²) >= 11 is 1.60. The molecule has 5 unspecified atom stereocenters. The number of fused-ring (bicyclic) bond motifs is 2. The van der Waals surface area contributed by atoms with E-state index in [1.807, 2.05) is 44.3 Å². The van der Waals surface area contributed by atoms with Gasteiger partial charge in [-0.2, -0.15) is 0 Å². The van der Waals surface area contributed by atoms with Crippen LogP contribution in [-0.4, -0.2) is 34.7 Å². The van der Waals surface area contributed by atoms with E-state index in [-0.39, 0.29) is 17.9 Å². The maximum atomic E-state index is 13.4. The molecule has 3 N–H and O–H groups in total. The number of amides is 2. The van der Waals surface area contributed by atoms with E-state index < -0.39 is 11.0 Å². The van der Waals surface area contributed by atoms with Crippen LogP contribution in [0.1, 0.15) is 58.9 Å². The van der Waals surface area contributed by atoms with Crippen LogP contribution in [0.2, 0.25) is 0 Å². The summed E-state index contributed by atoms with van der Waals surface area (Å²) < 4.78 is 2.04. The number of rotatable bonds is 6. The van der Waals surface area contributed by atoms with Gasteiger partial charge in [0.05, 0.1) is 0 Å². The Hall–Kier alpha value is -1.53. The van der Waals surface area contributed by atoms with E-state index in [2.05, 4.69) is 31.3 Å². The molecule has 166 valence electrons. The van der Waals surface area contributed by atoms with Crippen LogP contribution in [0.4, 0.5) is 0 Å². The molecule has 2 saturated carbocycles. The zero-order valence-corrected chi connectivity index (χ0v) is 20.0. The Morgan fingerprint density at radius 3 is 2.53 bits per heavy atom. The Balaban J connectivity index is 1.71.